The fourth-order valence-corrected chi connectivity index (χ4v) is 6.58. The number of ether oxygens (including phenoxy) is 1. The molecule has 2 aliphatic rings. The molecule has 0 spiro atoms. The molecule has 5 rings (SSSR count). The van der Waals surface area contributed by atoms with E-state index in [1.54, 1.807) is 19.6 Å². The van der Waals surface area contributed by atoms with Crippen molar-refractivity contribution in [1.29, 1.82) is 0 Å². The van der Waals surface area contributed by atoms with Gasteiger partial charge in [-0.2, -0.15) is 0 Å². The molecule has 2 heterocycles. The van der Waals surface area contributed by atoms with Crippen molar-refractivity contribution in [2.45, 2.75) is 102 Å². The monoisotopic (exact) mass is 537 g/mol. The molecule has 0 N–H and O–H groups in total. The minimum absolute atomic E-state index is 0.356. The average Bonchev–Trinajstić information content (AvgIpc) is 2.97. The van der Waals surface area contributed by atoms with Gasteiger partial charge < -0.3 is 4.74 Å². The molecule has 1 saturated carbocycles. The summed E-state index contributed by atoms with van der Waals surface area (Å²) in [5.41, 5.74) is 7.74. The van der Waals surface area contributed by atoms with Crippen LogP contribution in [0.5, 0.6) is 5.88 Å². The van der Waals surface area contributed by atoms with E-state index in [4.69, 9.17) is 9.72 Å². The van der Waals surface area contributed by atoms with Gasteiger partial charge in [-0.25, -0.2) is 15.0 Å². The molecular formula is C35H43N3O2. The Bertz CT molecular complexity index is 1290. The topological polar surface area (TPSA) is 65.0 Å². The Labute approximate surface area is 239 Å². The van der Waals surface area contributed by atoms with Gasteiger partial charge in [-0.3, -0.25) is 4.79 Å². The molecule has 1 aromatic carbocycles. The van der Waals surface area contributed by atoms with E-state index in [0.29, 0.717) is 36.3 Å². The summed E-state index contributed by atoms with van der Waals surface area (Å²) in [6, 6.07) is 13.1. The summed E-state index contributed by atoms with van der Waals surface area (Å²) in [6.45, 7) is 0. The quantitative estimate of drug-likeness (QED) is 0.248. The van der Waals surface area contributed by atoms with Gasteiger partial charge in [0.2, 0.25) is 5.88 Å². The number of hydrogen-bond acceptors (Lipinski definition) is 5. The van der Waals surface area contributed by atoms with E-state index >= 15 is 0 Å². The van der Waals surface area contributed by atoms with Gasteiger partial charge in [0, 0.05) is 36.1 Å². The molecule has 0 atom stereocenters. The molecule has 40 heavy (non-hydrogen) atoms. The van der Waals surface area contributed by atoms with Gasteiger partial charge in [0.05, 0.1) is 18.5 Å². The fraction of sp³-hybridized carbons (Fsp3) is 0.486. The first-order valence-electron chi connectivity index (χ1n) is 15.3. The first-order valence-corrected chi connectivity index (χ1v) is 15.3. The Hall–Kier alpha value is -3.34. The van der Waals surface area contributed by atoms with Gasteiger partial charge in [-0.15, -0.1) is 0 Å². The van der Waals surface area contributed by atoms with Gasteiger partial charge in [0.25, 0.3) is 0 Å². The van der Waals surface area contributed by atoms with Crippen LogP contribution < -0.4 is 4.74 Å². The number of aromatic nitrogens is 3. The SMILES string of the molecule is COc1ncccc1CCCC(=O)CCCc1cccc(C2CCCC(c3ncnc4c3C=CCC4)CCC2)c1. The molecule has 0 unspecified atom stereocenters. The largest absolute Gasteiger partial charge is 0.481 e. The molecule has 0 amide bonds. The highest BCUT2D eigenvalue weighted by atomic mass is 16.5. The third-order valence-electron chi connectivity index (χ3n) is 8.72. The standard InChI is InChI=1S/C35H43N3O2/c1-40-35-29(18-9-23-36-35)16-8-20-31(39)19-5-11-26-10-4-17-30(24-26)27-12-6-14-28(15-7-13-27)34-32-21-2-3-22-33(32)37-25-38-34/h2,4,9-10,17-18,21,23-25,27-28H,3,5-8,11-16,19-20,22H2,1H3. The van der Waals surface area contributed by atoms with Crippen molar-refractivity contribution in [2.24, 2.45) is 0 Å². The van der Waals surface area contributed by atoms with Crippen LogP contribution >= 0.6 is 0 Å². The molecule has 0 aliphatic heterocycles. The van der Waals surface area contributed by atoms with E-state index in [-0.39, 0.29) is 0 Å². The number of carbonyl (C=O) groups excluding carboxylic acids is 1. The van der Waals surface area contributed by atoms with Crippen LogP contribution in [0.4, 0.5) is 0 Å². The van der Waals surface area contributed by atoms with Crippen molar-refractivity contribution < 1.29 is 9.53 Å². The second-order valence-electron chi connectivity index (χ2n) is 11.5. The third-order valence-corrected chi connectivity index (χ3v) is 8.72. The zero-order valence-corrected chi connectivity index (χ0v) is 24.0. The Morgan fingerprint density at radius 1 is 0.925 bits per heavy atom. The molecule has 0 saturated heterocycles. The predicted octanol–water partition coefficient (Wildman–Crippen LogP) is 7.98. The van der Waals surface area contributed by atoms with E-state index in [0.717, 1.165) is 44.1 Å². The van der Waals surface area contributed by atoms with E-state index in [2.05, 4.69) is 46.4 Å². The number of pyridine rings is 1. The molecule has 3 aromatic rings. The Balaban J connectivity index is 1.07. The Morgan fingerprint density at radius 3 is 2.55 bits per heavy atom. The van der Waals surface area contributed by atoms with Crippen LogP contribution in [0.15, 0.2) is 55.0 Å². The minimum atomic E-state index is 0.356. The minimum Gasteiger partial charge on any atom is -0.481 e. The van der Waals surface area contributed by atoms with Crippen molar-refractivity contribution in [2.75, 3.05) is 7.11 Å². The third kappa shape index (κ3) is 7.44. The molecule has 5 nitrogen and oxygen atoms in total. The van der Waals surface area contributed by atoms with E-state index in [1.165, 1.54) is 66.6 Å². The van der Waals surface area contributed by atoms with Crippen LogP contribution in [0.3, 0.4) is 0 Å². The van der Waals surface area contributed by atoms with Gasteiger partial charge >= 0.3 is 0 Å². The van der Waals surface area contributed by atoms with Crippen LogP contribution in [0, 0.1) is 0 Å². The molecule has 1 fully saturated rings. The summed E-state index contributed by atoms with van der Waals surface area (Å²) < 4.78 is 5.32. The first kappa shape index (κ1) is 28.2. The first-order chi connectivity index (χ1) is 19.7. The highest BCUT2D eigenvalue weighted by molar-refractivity contribution is 5.78. The number of rotatable bonds is 11. The molecule has 210 valence electrons. The number of benzene rings is 1. The van der Waals surface area contributed by atoms with E-state index < -0.39 is 0 Å². The number of allylic oxidation sites excluding steroid dienone is 1. The number of hydrogen-bond donors (Lipinski definition) is 0. The zero-order valence-electron chi connectivity index (χ0n) is 24.0. The predicted molar refractivity (Wildman–Crippen MR) is 161 cm³/mol. The highest BCUT2D eigenvalue weighted by Gasteiger charge is 2.23. The maximum atomic E-state index is 12.5. The normalized spacial score (nSPS) is 18.9. The summed E-state index contributed by atoms with van der Waals surface area (Å²) in [6.07, 6.45) is 22.4. The maximum Gasteiger partial charge on any atom is 0.216 e. The van der Waals surface area contributed by atoms with E-state index in [9.17, 15) is 4.79 Å². The van der Waals surface area contributed by atoms with Crippen LogP contribution in [0.1, 0.15) is 116 Å². The second-order valence-corrected chi connectivity index (χ2v) is 11.5. The number of aryl methyl sites for hydroxylation is 3. The molecule has 2 aliphatic carbocycles. The fourth-order valence-electron chi connectivity index (χ4n) is 6.58. The van der Waals surface area contributed by atoms with Crippen LogP contribution in [-0.2, 0) is 24.1 Å². The Morgan fingerprint density at radius 2 is 1.73 bits per heavy atom. The van der Waals surface area contributed by atoms with Crippen molar-refractivity contribution in [3.8, 4) is 5.88 Å². The lowest BCUT2D eigenvalue weighted by atomic mass is 9.80. The smallest absolute Gasteiger partial charge is 0.216 e. The highest BCUT2D eigenvalue weighted by Crippen LogP contribution is 2.38. The molecule has 0 radical (unpaired) electrons. The summed E-state index contributed by atoms with van der Waals surface area (Å²) in [4.78, 5) is 26.1. The Kier molecular flexibility index (Phi) is 10.1. The van der Waals surface area contributed by atoms with Gasteiger partial charge in [0.15, 0.2) is 0 Å². The van der Waals surface area contributed by atoms with Crippen molar-refractivity contribution in [3.05, 3.63) is 88.6 Å². The summed E-state index contributed by atoms with van der Waals surface area (Å²) in [7, 11) is 1.64. The maximum absolute atomic E-state index is 12.5. The molecule has 2 aromatic heterocycles. The van der Waals surface area contributed by atoms with Crippen LogP contribution in [-0.4, -0.2) is 27.8 Å². The number of Topliss-reactive ketones (excluding diaryl/α,β-unsaturated/α-hetero) is 1. The van der Waals surface area contributed by atoms with Crippen molar-refractivity contribution in [3.63, 3.8) is 0 Å². The second kappa shape index (κ2) is 14.3. The number of fused-ring (bicyclic) bond motifs is 1. The summed E-state index contributed by atoms with van der Waals surface area (Å²) in [5.74, 6) is 2.21. The summed E-state index contributed by atoms with van der Waals surface area (Å²) >= 11 is 0. The zero-order chi connectivity index (χ0) is 27.6. The number of carbonyl (C=O) groups is 1. The lowest BCUT2D eigenvalue weighted by Gasteiger charge is -2.26. The van der Waals surface area contributed by atoms with Crippen molar-refractivity contribution >= 4 is 11.9 Å². The number of ketones is 1. The van der Waals surface area contributed by atoms with Gasteiger partial charge in [-0.05, 0) is 87.3 Å². The van der Waals surface area contributed by atoms with E-state index in [1.807, 2.05) is 12.1 Å². The lowest BCUT2D eigenvalue weighted by molar-refractivity contribution is -0.119. The molecule has 0 bridgehead atoms. The van der Waals surface area contributed by atoms with Crippen LogP contribution in [0.2, 0.25) is 0 Å². The van der Waals surface area contributed by atoms with Crippen LogP contribution in [0.25, 0.3) is 6.08 Å². The van der Waals surface area contributed by atoms with Crippen molar-refractivity contribution in [1.82, 2.24) is 15.0 Å². The number of methoxy groups -OCH3 is 1. The lowest BCUT2D eigenvalue weighted by Crippen LogP contribution is -2.13. The molecule has 5 heteroatoms. The molecular weight excluding hydrogens is 494 g/mol. The van der Waals surface area contributed by atoms with Gasteiger partial charge in [-0.1, -0.05) is 55.3 Å². The number of nitrogens with zero attached hydrogens (tertiary/aromatic N) is 3. The summed E-state index contributed by atoms with van der Waals surface area (Å²) in [5, 5.41) is 0. The average molecular weight is 538 g/mol. The van der Waals surface area contributed by atoms with Gasteiger partial charge in [0.1, 0.15) is 12.1 Å².